The quantitative estimate of drug-likeness (QED) is 0.769. The van der Waals surface area contributed by atoms with Crippen LogP contribution in [0.25, 0.3) is 0 Å². The van der Waals surface area contributed by atoms with Crippen molar-refractivity contribution in [2.24, 2.45) is 0 Å². The van der Waals surface area contributed by atoms with Gasteiger partial charge in [0.15, 0.2) is 0 Å². The predicted octanol–water partition coefficient (Wildman–Crippen LogP) is 5.24. The number of nitrogens with one attached hydrogen (secondary N) is 1. The summed E-state index contributed by atoms with van der Waals surface area (Å²) in [6.45, 7) is 7.40. The van der Waals surface area contributed by atoms with Crippen LogP contribution in [-0.2, 0) is 6.42 Å². The van der Waals surface area contributed by atoms with E-state index in [1.807, 2.05) is 6.07 Å². The fraction of sp³-hybridized carbons (Fsp3) is 0.368. The number of benzene rings is 2. The van der Waals surface area contributed by atoms with Gasteiger partial charge in [0.25, 0.3) is 0 Å². The summed E-state index contributed by atoms with van der Waals surface area (Å²) in [6.07, 6.45) is 2.05. The van der Waals surface area contributed by atoms with Crippen molar-refractivity contribution >= 4 is 11.6 Å². The van der Waals surface area contributed by atoms with Crippen LogP contribution >= 0.6 is 11.6 Å². The summed E-state index contributed by atoms with van der Waals surface area (Å²) in [5, 5.41) is 4.50. The molecule has 2 aromatic carbocycles. The van der Waals surface area contributed by atoms with Crippen molar-refractivity contribution in [3.8, 4) is 0 Å². The molecule has 2 heteroatoms. The van der Waals surface area contributed by atoms with E-state index in [4.69, 9.17) is 11.6 Å². The lowest BCUT2D eigenvalue weighted by atomic mass is 9.97. The third kappa shape index (κ3) is 4.59. The molecule has 2 rings (SSSR count). The van der Waals surface area contributed by atoms with Gasteiger partial charge in [-0.25, -0.2) is 0 Å². The van der Waals surface area contributed by atoms with Gasteiger partial charge < -0.3 is 5.32 Å². The Balaban J connectivity index is 2.21. The zero-order valence-electron chi connectivity index (χ0n) is 13.1. The fourth-order valence-corrected chi connectivity index (χ4v) is 2.78. The molecule has 0 radical (unpaired) electrons. The molecule has 0 saturated carbocycles. The molecule has 1 atom stereocenters. The van der Waals surface area contributed by atoms with Crippen molar-refractivity contribution in [1.82, 2.24) is 5.32 Å². The third-order valence-corrected chi connectivity index (χ3v) is 4.10. The average Bonchev–Trinajstić information content (AvgIpc) is 2.46. The summed E-state index contributed by atoms with van der Waals surface area (Å²) < 4.78 is 0. The van der Waals surface area contributed by atoms with Crippen LogP contribution in [0.5, 0.6) is 0 Å². The molecule has 1 unspecified atom stereocenters. The number of aryl methyl sites for hydroxylation is 2. The molecule has 0 amide bonds. The lowest BCUT2D eigenvalue weighted by Gasteiger charge is -2.20. The van der Waals surface area contributed by atoms with E-state index in [0.29, 0.717) is 6.04 Å². The second kappa shape index (κ2) is 7.63. The van der Waals surface area contributed by atoms with E-state index >= 15 is 0 Å². The summed E-state index contributed by atoms with van der Waals surface area (Å²) in [7, 11) is 0. The summed E-state index contributed by atoms with van der Waals surface area (Å²) in [4.78, 5) is 0. The fourth-order valence-electron chi connectivity index (χ4n) is 2.46. The Labute approximate surface area is 133 Å². The summed E-state index contributed by atoms with van der Waals surface area (Å²) in [6, 6.07) is 15.4. The lowest BCUT2D eigenvalue weighted by Crippen LogP contribution is -2.24. The molecule has 2 aromatic rings. The van der Waals surface area contributed by atoms with E-state index < -0.39 is 0 Å². The Morgan fingerprint density at radius 3 is 2.29 bits per heavy atom. The highest BCUT2D eigenvalue weighted by Gasteiger charge is 2.13. The number of hydrogen-bond acceptors (Lipinski definition) is 1. The maximum absolute atomic E-state index is 6.39. The second-order valence-electron chi connectivity index (χ2n) is 5.72. The van der Waals surface area contributed by atoms with Crippen molar-refractivity contribution in [2.75, 3.05) is 6.54 Å². The lowest BCUT2D eigenvalue weighted by molar-refractivity contribution is 0.529. The molecule has 112 valence electrons. The average molecular weight is 302 g/mol. The van der Waals surface area contributed by atoms with Crippen LogP contribution in [0.15, 0.2) is 42.5 Å². The van der Waals surface area contributed by atoms with E-state index in [0.717, 1.165) is 24.4 Å². The number of rotatable bonds is 6. The third-order valence-electron chi connectivity index (χ3n) is 3.75. The molecule has 0 heterocycles. The molecule has 0 aromatic heterocycles. The van der Waals surface area contributed by atoms with Crippen LogP contribution in [0, 0.1) is 13.8 Å². The van der Waals surface area contributed by atoms with E-state index in [9.17, 15) is 0 Å². The maximum Gasteiger partial charge on any atom is 0.0441 e. The first-order valence-corrected chi connectivity index (χ1v) is 8.03. The van der Waals surface area contributed by atoms with Gasteiger partial charge in [-0.3, -0.25) is 0 Å². The Kier molecular flexibility index (Phi) is 5.84. The molecule has 0 saturated heterocycles. The highest BCUT2D eigenvalue weighted by molar-refractivity contribution is 6.31. The Morgan fingerprint density at radius 2 is 1.67 bits per heavy atom. The van der Waals surface area contributed by atoms with Gasteiger partial charge >= 0.3 is 0 Å². The molecule has 1 nitrogen and oxygen atoms in total. The standard InChI is InChI=1S/C19H24ClN/c1-4-11-21-19(16-8-5-14(2)6-9-16)13-17-10-7-15(3)12-18(17)20/h5-10,12,19,21H,4,11,13H2,1-3H3. The van der Waals surface area contributed by atoms with Crippen LogP contribution in [0.4, 0.5) is 0 Å². The van der Waals surface area contributed by atoms with Gasteiger partial charge in [0.1, 0.15) is 0 Å². The summed E-state index contributed by atoms with van der Waals surface area (Å²) in [5.74, 6) is 0. The first-order chi connectivity index (χ1) is 10.1. The second-order valence-corrected chi connectivity index (χ2v) is 6.12. The Hall–Kier alpha value is -1.31. The van der Waals surface area contributed by atoms with Gasteiger partial charge in [-0.2, -0.15) is 0 Å². The van der Waals surface area contributed by atoms with Crippen LogP contribution in [0.3, 0.4) is 0 Å². The minimum Gasteiger partial charge on any atom is -0.310 e. The van der Waals surface area contributed by atoms with Crippen molar-refractivity contribution in [3.05, 3.63) is 69.7 Å². The SMILES string of the molecule is CCCNC(Cc1ccc(C)cc1Cl)c1ccc(C)cc1. The molecule has 0 fully saturated rings. The first-order valence-electron chi connectivity index (χ1n) is 7.65. The molecule has 1 N–H and O–H groups in total. The normalized spacial score (nSPS) is 12.4. The maximum atomic E-state index is 6.39. The minimum absolute atomic E-state index is 0.311. The van der Waals surface area contributed by atoms with Crippen LogP contribution in [0.2, 0.25) is 5.02 Å². The van der Waals surface area contributed by atoms with E-state index in [-0.39, 0.29) is 0 Å². The molecule has 0 aliphatic heterocycles. The van der Waals surface area contributed by atoms with Crippen molar-refractivity contribution in [1.29, 1.82) is 0 Å². The van der Waals surface area contributed by atoms with Gasteiger partial charge in [0, 0.05) is 11.1 Å². The van der Waals surface area contributed by atoms with Crippen LogP contribution in [0.1, 0.15) is 41.6 Å². The van der Waals surface area contributed by atoms with Gasteiger partial charge in [-0.1, -0.05) is 60.5 Å². The van der Waals surface area contributed by atoms with Gasteiger partial charge in [-0.15, -0.1) is 0 Å². The van der Waals surface area contributed by atoms with E-state index in [1.54, 1.807) is 0 Å². The first kappa shape index (κ1) is 16.1. The molecule has 0 aliphatic carbocycles. The molecule has 0 aliphatic rings. The molecular formula is C19H24ClN. The van der Waals surface area contributed by atoms with Crippen LogP contribution in [-0.4, -0.2) is 6.54 Å². The largest absolute Gasteiger partial charge is 0.310 e. The Morgan fingerprint density at radius 1 is 1.00 bits per heavy atom. The van der Waals surface area contributed by atoms with Gasteiger partial charge in [0.2, 0.25) is 0 Å². The molecular weight excluding hydrogens is 278 g/mol. The van der Waals surface area contributed by atoms with Gasteiger partial charge in [0.05, 0.1) is 0 Å². The van der Waals surface area contributed by atoms with Crippen LogP contribution < -0.4 is 5.32 Å². The highest BCUT2D eigenvalue weighted by Crippen LogP contribution is 2.25. The van der Waals surface area contributed by atoms with E-state index in [1.165, 1.54) is 22.3 Å². The van der Waals surface area contributed by atoms with E-state index in [2.05, 4.69) is 62.5 Å². The summed E-state index contributed by atoms with van der Waals surface area (Å²) in [5.41, 5.74) is 5.03. The Bertz CT molecular complexity index is 575. The van der Waals surface area contributed by atoms with Crippen molar-refractivity contribution in [3.63, 3.8) is 0 Å². The zero-order valence-corrected chi connectivity index (χ0v) is 13.9. The highest BCUT2D eigenvalue weighted by atomic mass is 35.5. The predicted molar refractivity (Wildman–Crippen MR) is 92.1 cm³/mol. The molecule has 0 bridgehead atoms. The number of halogens is 1. The minimum atomic E-state index is 0.311. The topological polar surface area (TPSA) is 12.0 Å². The number of hydrogen-bond donors (Lipinski definition) is 1. The van der Waals surface area contributed by atoms with Crippen molar-refractivity contribution < 1.29 is 0 Å². The monoisotopic (exact) mass is 301 g/mol. The van der Waals surface area contributed by atoms with Gasteiger partial charge in [-0.05, 0) is 56.0 Å². The van der Waals surface area contributed by atoms with Crippen molar-refractivity contribution in [2.45, 2.75) is 39.7 Å². The summed E-state index contributed by atoms with van der Waals surface area (Å²) >= 11 is 6.39. The zero-order chi connectivity index (χ0) is 15.2. The molecule has 21 heavy (non-hydrogen) atoms. The smallest absolute Gasteiger partial charge is 0.0441 e. The molecule has 0 spiro atoms.